The Bertz CT molecular complexity index is 911. The van der Waals surface area contributed by atoms with Gasteiger partial charge in [0.25, 0.3) is 0 Å². The monoisotopic (exact) mass is 507 g/mol. The number of nitrogens with zero attached hydrogens (tertiary/aromatic N) is 3. The zero-order valence-corrected chi connectivity index (χ0v) is 18.9. The lowest BCUT2D eigenvalue weighted by atomic mass is 10.1. The molecular weight excluding hydrogens is 490 g/mol. The van der Waals surface area contributed by atoms with Crippen molar-refractivity contribution in [3.63, 3.8) is 0 Å². The molecule has 0 aliphatic carbocycles. The number of hydrogen-bond acceptors (Lipinski definition) is 6. The highest BCUT2D eigenvalue weighted by Gasteiger charge is 2.17. The molecule has 0 bridgehead atoms. The fraction of sp³-hybridized carbons (Fsp3) is 0.250. The zero-order valence-electron chi connectivity index (χ0n) is 15.7. The van der Waals surface area contributed by atoms with E-state index in [2.05, 4.69) is 46.8 Å². The average molecular weight is 509 g/mol. The van der Waals surface area contributed by atoms with Crippen molar-refractivity contribution in [2.75, 3.05) is 20.8 Å². The molecule has 6 nitrogen and oxygen atoms in total. The second-order valence-electron chi connectivity index (χ2n) is 5.80. The summed E-state index contributed by atoms with van der Waals surface area (Å²) < 4.78 is 18.5. The highest BCUT2D eigenvalue weighted by Crippen LogP contribution is 2.35. The van der Waals surface area contributed by atoms with Gasteiger partial charge in [-0.2, -0.15) is 9.97 Å². The van der Waals surface area contributed by atoms with Crippen LogP contribution in [0.1, 0.15) is 13.3 Å². The molecule has 1 aromatic heterocycles. The third-order valence-electron chi connectivity index (χ3n) is 3.86. The fourth-order valence-corrected chi connectivity index (χ4v) is 3.29. The summed E-state index contributed by atoms with van der Waals surface area (Å²) in [5, 5.41) is 0. The second-order valence-corrected chi connectivity index (χ2v) is 7.63. The highest BCUT2D eigenvalue weighted by atomic mass is 79.9. The Labute approximate surface area is 180 Å². The second kappa shape index (κ2) is 9.34. The van der Waals surface area contributed by atoms with Gasteiger partial charge in [0.05, 0.1) is 32.0 Å². The minimum Gasteiger partial charge on any atom is -0.496 e. The van der Waals surface area contributed by atoms with E-state index in [1.807, 2.05) is 43.3 Å². The third kappa shape index (κ3) is 4.62. The lowest BCUT2D eigenvalue weighted by molar-refractivity contribution is 0.292. The number of methoxy groups -OCH3 is 2. The minimum absolute atomic E-state index is 0.255. The van der Waals surface area contributed by atoms with E-state index in [0.717, 1.165) is 26.5 Å². The number of hydrogen-bond donors (Lipinski definition) is 0. The summed E-state index contributed by atoms with van der Waals surface area (Å²) in [6.07, 6.45) is 0.844. The van der Waals surface area contributed by atoms with Gasteiger partial charge in [-0.3, -0.25) is 0 Å². The Morgan fingerprint density at radius 1 is 0.786 bits per heavy atom. The van der Waals surface area contributed by atoms with E-state index >= 15 is 0 Å². The van der Waals surface area contributed by atoms with Gasteiger partial charge in [-0.1, -0.05) is 38.8 Å². The molecule has 0 aliphatic rings. The molecule has 8 heteroatoms. The zero-order chi connectivity index (χ0) is 20.1. The Hall–Kier alpha value is -2.19. The van der Waals surface area contributed by atoms with E-state index in [9.17, 15) is 0 Å². The maximum absolute atomic E-state index is 5.72. The molecule has 0 N–H and O–H groups in total. The van der Waals surface area contributed by atoms with Crippen LogP contribution in [-0.4, -0.2) is 35.8 Å². The first-order chi connectivity index (χ1) is 13.5. The van der Waals surface area contributed by atoms with Crippen molar-refractivity contribution in [3.8, 4) is 40.3 Å². The Balaban J connectivity index is 2.21. The first-order valence-electron chi connectivity index (χ1n) is 8.62. The molecule has 0 saturated heterocycles. The Kier molecular flexibility index (Phi) is 6.85. The van der Waals surface area contributed by atoms with Crippen LogP contribution in [0.25, 0.3) is 22.8 Å². The molecule has 3 aromatic rings. The number of halogens is 2. The van der Waals surface area contributed by atoms with Gasteiger partial charge >= 0.3 is 6.01 Å². The molecule has 0 spiro atoms. The summed E-state index contributed by atoms with van der Waals surface area (Å²) >= 11 is 6.99. The molecule has 0 unspecified atom stereocenters. The van der Waals surface area contributed by atoms with Gasteiger partial charge in [-0.15, -0.1) is 0 Å². The van der Waals surface area contributed by atoms with E-state index in [0.29, 0.717) is 29.8 Å². The molecule has 1 heterocycles. The van der Waals surface area contributed by atoms with Crippen molar-refractivity contribution >= 4 is 31.9 Å². The topological polar surface area (TPSA) is 66.4 Å². The van der Waals surface area contributed by atoms with Crippen LogP contribution in [0.2, 0.25) is 0 Å². The van der Waals surface area contributed by atoms with Gasteiger partial charge in [-0.05, 0) is 42.8 Å². The van der Waals surface area contributed by atoms with Crippen molar-refractivity contribution in [3.05, 3.63) is 45.3 Å². The van der Waals surface area contributed by atoms with Gasteiger partial charge in [0.15, 0.2) is 11.6 Å². The van der Waals surface area contributed by atoms with E-state index in [1.54, 1.807) is 14.2 Å². The van der Waals surface area contributed by atoms with Crippen molar-refractivity contribution in [2.45, 2.75) is 13.3 Å². The van der Waals surface area contributed by atoms with Crippen molar-refractivity contribution in [2.24, 2.45) is 0 Å². The number of aromatic nitrogens is 3. The molecule has 0 saturated carbocycles. The lowest BCUT2D eigenvalue weighted by Gasteiger charge is -2.13. The van der Waals surface area contributed by atoms with Crippen LogP contribution >= 0.6 is 31.9 Å². The largest absolute Gasteiger partial charge is 0.496 e. The summed E-state index contributed by atoms with van der Waals surface area (Å²) in [4.78, 5) is 13.7. The van der Waals surface area contributed by atoms with Crippen LogP contribution < -0.4 is 14.2 Å². The lowest BCUT2D eigenvalue weighted by Crippen LogP contribution is -2.05. The van der Waals surface area contributed by atoms with Gasteiger partial charge in [0.1, 0.15) is 11.5 Å². The van der Waals surface area contributed by atoms with Crippen LogP contribution in [0.5, 0.6) is 17.5 Å². The van der Waals surface area contributed by atoms with Crippen molar-refractivity contribution in [1.29, 1.82) is 0 Å². The highest BCUT2D eigenvalue weighted by molar-refractivity contribution is 9.10. The summed E-state index contributed by atoms with van der Waals surface area (Å²) in [7, 11) is 3.22. The molecule has 0 atom stereocenters. The summed E-state index contributed by atoms with van der Waals surface area (Å²) in [6.45, 7) is 2.53. The average Bonchev–Trinajstić information content (AvgIpc) is 2.72. The molecule has 0 amide bonds. The normalized spacial score (nSPS) is 10.6. The third-order valence-corrected chi connectivity index (χ3v) is 4.84. The van der Waals surface area contributed by atoms with Crippen LogP contribution in [0.3, 0.4) is 0 Å². The molecule has 146 valence electrons. The maximum atomic E-state index is 5.72. The minimum atomic E-state index is 0.255. The molecule has 0 aliphatic heterocycles. The first-order valence-corrected chi connectivity index (χ1v) is 10.2. The quantitative estimate of drug-likeness (QED) is 0.417. The molecular formula is C20H19Br2N3O3. The van der Waals surface area contributed by atoms with Gasteiger partial charge < -0.3 is 14.2 Å². The van der Waals surface area contributed by atoms with E-state index in [1.165, 1.54) is 0 Å². The molecule has 3 rings (SSSR count). The summed E-state index contributed by atoms with van der Waals surface area (Å²) in [5.74, 6) is 2.22. The molecule has 0 fully saturated rings. The number of rotatable bonds is 7. The predicted molar refractivity (Wildman–Crippen MR) is 115 cm³/mol. The van der Waals surface area contributed by atoms with Gasteiger partial charge in [-0.25, -0.2) is 4.98 Å². The van der Waals surface area contributed by atoms with Crippen LogP contribution in [0.15, 0.2) is 45.3 Å². The molecule has 2 aromatic carbocycles. The fourth-order valence-electron chi connectivity index (χ4n) is 2.57. The Morgan fingerprint density at radius 3 is 1.71 bits per heavy atom. The van der Waals surface area contributed by atoms with E-state index in [4.69, 9.17) is 14.2 Å². The SMILES string of the molecule is CCCOc1nc(-c2cc(Br)ccc2OC)nc(-c2cc(Br)ccc2OC)n1. The first kappa shape index (κ1) is 20.5. The predicted octanol–water partition coefficient (Wildman–Crippen LogP) is 5.54. The smallest absolute Gasteiger partial charge is 0.320 e. The summed E-state index contributed by atoms with van der Waals surface area (Å²) in [6, 6.07) is 11.6. The van der Waals surface area contributed by atoms with Crippen molar-refractivity contribution < 1.29 is 14.2 Å². The molecule has 28 heavy (non-hydrogen) atoms. The molecule has 0 radical (unpaired) electrons. The van der Waals surface area contributed by atoms with E-state index in [-0.39, 0.29) is 6.01 Å². The van der Waals surface area contributed by atoms with Crippen LogP contribution in [0.4, 0.5) is 0 Å². The number of benzene rings is 2. The maximum Gasteiger partial charge on any atom is 0.320 e. The van der Waals surface area contributed by atoms with Gasteiger partial charge in [0, 0.05) is 8.95 Å². The Morgan fingerprint density at radius 2 is 1.29 bits per heavy atom. The standard InChI is InChI=1S/C20H19Br2N3O3/c1-4-9-28-20-24-18(14-10-12(21)5-7-16(14)26-2)23-19(25-20)15-11-13(22)6-8-17(15)27-3/h5-8,10-11H,4,9H2,1-3H3. The van der Waals surface area contributed by atoms with E-state index < -0.39 is 0 Å². The van der Waals surface area contributed by atoms with Gasteiger partial charge in [0.2, 0.25) is 0 Å². The van der Waals surface area contributed by atoms with Crippen LogP contribution in [0, 0.1) is 0 Å². The number of ether oxygens (including phenoxy) is 3. The summed E-state index contributed by atoms with van der Waals surface area (Å²) in [5.41, 5.74) is 1.46. The van der Waals surface area contributed by atoms with Crippen LogP contribution in [-0.2, 0) is 0 Å². The van der Waals surface area contributed by atoms with Crippen molar-refractivity contribution in [1.82, 2.24) is 15.0 Å².